The molecule has 1 heterocycles. The molecule has 0 aromatic carbocycles. The van der Waals surface area contributed by atoms with E-state index in [4.69, 9.17) is 0 Å². The number of amides is 1. The number of thiophene rings is 1. The third kappa shape index (κ3) is 2.41. The van der Waals surface area contributed by atoms with E-state index in [1.54, 1.807) is 0 Å². The molecule has 70 valence electrons. The fourth-order valence-electron chi connectivity index (χ4n) is 0.645. The maximum atomic E-state index is 10.7. The number of nitro groups is 1. The second-order valence-electron chi connectivity index (χ2n) is 2.01. The number of anilines is 1. The van der Waals surface area contributed by atoms with Crippen molar-refractivity contribution in [3.05, 3.63) is 22.2 Å². The molecule has 0 spiro atoms. The van der Waals surface area contributed by atoms with Crippen molar-refractivity contribution in [2.45, 2.75) is 0 Å². The molecule has 0 unspecified atom stereocenters. The van der Waals surface area contributed by atoms with Crippen molar-refractivity contribution in [1.29, 1.82) is 0 Å². The fraction of sp³-hybridized carbons (Fsp3) is 0.167. The summed E-state index contributed by atoms with van der Waals surface area (Å²) < 4.78 is 4.31. The predicted octanol–water partition coefficient (Wildman–Crippen LogP) is 1.83. The summed E-state index contributed by atoms with van der Waals surface area (Å²) in [5.74, 6) is 0. The van der Waals surface area contributed by atoms with Gasteiger partial charge < -0.3 is 4.74 Å². The summed E-state index contributed by atoms with van der Waals surface area (Å²) in [6, 6.07) is 2.76. The topological polar surface area (TPSA) is 81.5 Å². The molecule has 0 fully saturated rings. The lowest BCUT2D eigenvalue weighted by molar-refractivity contribution is -0.380. The van der Waals surface area contributed by atoms with E-state index in [9.17, 15) is 14.9 Å². The Morgan fingerprint density at radius 1 is 1.69 bits per heavy atom. The first-order valence-electron chi connectivity index (χ1n) is 3.22. The molecule has 0 atom stereocenters. The number of carbonyl (C=O) groups excluding carboxylic acids is 1. The quantitative estimate of drug-likeness (QED) is 0.586. The molecule has 0 radical (unpaired) electrons. The van der Waals surface area contributed by atoms with Gasteiger partial charge in [0.15, 0.2) is 0 Å². The predicted molar refractivity (Wildman–Crippen MR) is 47.0 cm³/mol. The summed E-state index contributed by atoms with van der Waals surface area (Å²) in [6.07, 6.45) is -0.642. The Balaban J connectivity index is 2.69. The van der Waals surface area contributed by atoms with Gasteiger partial charge in [0.2, 0.25) is 0 Å². The van der Waals surface area contributed by atoms with Gasteiger partial charge in [-0.3, -0.25) is 15.4 Å². The van der Waals surface area contributed by atoms with Gasteiger partial charge >= 0.3 is 11.1 Å². The number of ether oxygens (including phenoxy) is 1. The second-order valence-corrected chi connectivity index (χ2v) is 3.07. The van der Waals surface area contributed by atoms with Crippen LogP contribution in [0.2, 0.25) is 0 Å². The van der Waals surface area contributed by atoms with Crippen molar-refractivity contribution >= 4 is 27.4 Å². The van der Waals surface area contributed by atoms with Crippen molar-refractivity contribution in [3.63, 3.8) is 0 Å². The molecule has 0 aliphatic heterocycles. The third-order valence-electron chi connectivity index (χ3n) is 1.18. The Bertz CT molecular complexity index is 335. The number of nitrogens with one attached hydrogen (secondary N) is 1. The lowest BCUT2D eigenvalue weighted by Gasteiger charge is -1.97. The highest BCUT2D eigenvalue weighted by molar-refractivity contribution is 7.19. The molecule has 1 aromatic heterocycles. The van der Waals surface area contributed by atoms with Gasteiger partial charge in [-0.1, -0.05) is 0 Å². The first-order chi connectivity index (χ1) is 6.13. The first-order valence-corrected chi connectivity index (χ1v) is 4.04. The second kappa shape index (κ2) is 3.85. The Labute approximate surface area is 77.3 Å². The number of hydrogen-bond acceptors (Lipinski definition) is 5. The number of methoxy groups -OCH3 is 1. The maximum absolute atomic E-state index is 10.7. The molecule has 1 aromatic rings. The van der Waals surface area contributed by atoms with Crippen molar-refractivity contribution in [1.82, 2.24) is 0 Å². The van der Waals surface area contributed by atoms with Crippen LogP contribution in [-0.4, -0.2) is 18.1 Å². The molecule has 13 heavy (non-hydrogen) atoms. The first kappa shape index (κ1) is 9.46. The number of rotatable bonds is 2. The molecule has 1 amide bonds. The Morgan fingerprint density at radius 3 is 2.85 bits per heavy atom. The summed E-state index contributed by atoms with van der Waals surface area (Å²) >= 11 is 0.874. The third-order valence-corrected chi connectivity index (χ3v) is 2.13. The lowest BCUT2D eigenvalue weighted by atomic mass is 10.6. The molecule has 1 N–H and O–H groups in total. The summed E-state index contributed by atoms with van der Waals surface area (Å²) in [5.41, 5.74) is 0. The van der Waals surface area contributed by atoms with Crippen LogP contribution in [0.1, 0.15) is 0 Å². The standard InChI is InChI=1S/C6H6N2O4S/c1-12-6(9)7-4-2-3-5(13-4)8(10)11/h2-3H,1H3,(H,7,9). The van der Waals surface area contributed by atoms with Gasteiger partial charge in [-0.05, 0) is 17.4 Å². The molecule has 0 saturated heterocycles. The number of nitrogens with zero attached hydrogens (tertiary/aromatic N) is 1. The fourth-order valence-corrected chi connectivity index (χ4v) is 1.35. The summed E-state index contributed by atoms with van der Waals surface area (Å²) in [7, 11) is 1.22. The molecule has 1 rings (SSSR count). The van der Waals surface area contributed by atoms with Crippen LogP contribution in [0, 0.1) is 10.1 Å². The van der Waals surface area contributed by atoms with Gasteiger partial charge in [0.1, 0.15) is 5.00 Å². The zero-order chi connectivity index (χ0) is 9.84. The SMILES string of the molecule is COC(=O)Nc1ccc([N+](=O)[O-])s1. The van der Waals surface area contributed by atoms with Crippen LogP contribution in [0.15, 0.2) is 12.1 Å². The van der Waals surface area contributed by atoms with Crippen LogP contribution >= 0.6 is 11.3 Å². The van der Waals surface area contributed by atoms with Crippen molar-refractivity contribution < 1.29 is 14.5 Å². The molecular formula is C6H6N2O4S. The van der Waals surface area contributed by atoms with Gasteiger partial charge in [-0.25, -0.2) is 4.79 Å². The highest BCUT2D eigenvalue weighted by Crippen LogP contribution is 2.28. The minimum Gasteiger partial charge on any atom is -0.453 e. The van der Waals surface area contributed by atoms with E-state index in [2.05, 4.69) is 10.1 Å². The van der Waals surface area contributed by atoms with Crippen LogP contribution in [0.3, 0.4) is 0 Å². The van der Waals surface area contributed by atoms with Crippen LogP contribution in [-0.2, 0) is 4.74 Å². The van der Waals surface area contributed by atoms with Gasteiger partial charge in [0.05, 0.1) is 12.0 Å². The van der Waals surface area contributed by atoms with E-state index < -0.39 is 11.0 Å². The summed E-state index contributed by atoms with van der Waals surface area (Å²) in [6.45, 7) is 0. The van der Waals surface area contributed by atoms with Crippen LogP contribution < -0.4 is 5.32 Å². The molecule has 7 heteroatoms. The van der Waals surface area contributed by atoms with Gasteiger partial charge in [0, 0.05) is 6.07 Å². The Kier molecular flexibility index (Phi) is 2.80. The minimum absolute atomic E-state index is 0.0218. The van der Waals surface area contributed by atoms with Crippen molar-refractivity contribution in [3.8, 4) is 0 Å². The smallest absolute Gasteiger partial charge is 0.411 e. The number of hydrogen-bond donors (Lipinski definition) is 1. The summed E-state index contributed by atoms with van der Waals surface area (Å²) in [4.78, 5) is 20.4. The zero-order valence-corrected chi connectivity index (χ0v) is 7.46. The van der Waals surface area contributed by atoms with E-state index in [-0.39, 0.29) is 5.00 Å². The van der Waals surface area contributed by atoms with Crippen LogP contribution in [0.5, 0.6) is 0 Å². The largest absolute Gasteiger partial charge is 0.453 e. The Morgan fingerprint density at radius 2 is 2.38 bits per heavy atom. The average Bonchev–Trinajstić information content (AvgIpc) is 2.52. The molecule has 6 nitrogen and oxygen atoms in total. The maximum Gasteiger partial charge on any atom is 0.411 e. The van der Waals surface area contributed by atoms with Crippen molar-refractivity contribution in [2.75, 3.05) is 12.4 Å². The zero-order valence-electron chi connectivity index (χ0n) is 6.64. The highest BCUT2D eigenvalue weighted by atomic mass is 32.1. The van der Waals surface area contributed by atoms with Crippen LogP contribution in [0.4, 0.5) is 14.8 Å². The normalized spacial score (nSPS) is 9.31. The van der Waals surface area contributed by atoms with Crippen LogP contribution in [0.25, 0.3) is 0 Å². The molecule has 0 aliphatic rings. The van der Waals surface area contributed by atoms with E-state index in [0.717, 1.165) is 11.3 Å². The van der Waals surface area contributed by atoms with Crippen molar-refractivity contribution in [2.24, 2.45) is 0 Å². The Hall–Kier alpha value is -1.63. The van der Waals surface area contributed by atoms with E-state index >= 15 is 0 Å². The van der Waals surface area contributed by atoms with Gasteiger partial charge in [-0.2, -0.15) is 0 Å². The van der Waals surface area contributed by atoms with E-state index in [1.807, 2.05) is 0 Å². The van der Waals surface area contributed by atoms with E-state index in [1.165, 1.54) is 19.2 Å². The number of carbonyl (C=O) groups is 1. The molecule has 0 saturated carbocycles. The molecule has 0 aliphatic carbocycles. The molecule has 0 bridgehead atoms. The van der Waals surface area contributed by atoms with Gasteiger partial charge in [0.25, 0.3) is 0 Å². The summed E-state index contributed by atoms with van der Waals surface area (Å²) in [5, 5.41) is 12.9. The monoisotopic (exact) mass is 202 g/mol. The van der Waals surface area contributed by atoms with Gasteiger partial charge in [-0.15, -0.1) is 0 Å². The minimum atomic E-state index is -0.642. The lowest BCUT2D eigenvalue weighted by Crippen LogP contribution is -2.09. The van der Waals surface area contributed by atoms with E-state index in [0.29, 0.717) is 5.00 Å². The highest BCUT2D eigenvalue weighted by Gasteiger charge is 2.11. The average molecular weight is 202 g/mol. The molecular weight excluding hydrogens is 196 g/mol.